The first-order valence-electron chi connectivity index (χ1n) is 12.6. The first kappa shape index (κ1) is 23.9. The van der Waals surface area contributed by atoms with Crippen molar-refractivity contribution in [1.29, 1.82) is 0 Å². The number of aryl methyl sites for hydroxylation is 1. The molecule has 0 radical (unpaired) electrons. The summed E-state index contributed by atoms with van der Waals surface area (Å²) in [6, 6.07) is 13.1. The van der Waals surface area contributed by atoms with E-state index in [0.717, 1.165) is 23.9 Å². The number of fused-ring (bicyclic) bond motifs is 2. The van der Waals surface area contributed by atoms with Gasteiger partial charge in [-0.05, 0) is 70.4 Å². The number of carbonyl (C=O) groups is 1. The van der Waals surface area contributed by atoms with Crippen LogP contribution in [0.4, 0.5) is 26.6 Å². The van der Waals surface area contributed by atoms with E-state index in [1.54, 1.807) is 50.8 Å². The number of hydrogen-bond acceptors (Lipinski definition) is 7. The summed E-state index contributed by atoms with van der Waals surface area (Å²) in [5.74, 6) is 0.488. The number of rotatable bonds is 5. The molecule has 0 amide bonds. The highest BCUT2D eigenvalue weighted by atomic mass is 19.1. The molecule has 0 saturated heterocycles. The monoisotopic (exact) mass is 513 g/mol. The fraction of sp³-hybridized carbons (Fsp3) is 0.286. The van der Waals surface area contributed by atoms with Gasteiger partial charge in [0.05, 0.1) is 28.5 Å². The van der Waals surface area contributed by atoms with Gasteiger partial charge in [0.2, 0.25) is 5.95 Å². The van der Waals surface area contributed by atoms with Crippen molar-refractivity contribution in [2.45, 2.75) is 52.2 Å². The number of nitrogens with zero attached hydrogens (tertiary/aromatic N) is 5. The summed E-state index contributed by atoms with van der Waals surface area (Å²) in [4.78, 5) is 22.5. The van der Waals surface area contributed by atoms with E-state index >= 15 is 4.39 Å². The highest BCUT2D eigenvalue weighted by Crippen LogP contribution is 2.34. The number of anilines is 3. The molecule has 3 aromatic heterocycles. The standard InChI is InChI=1S/C28H28FN7O2/c1-16-19-12-13-35(27(37)38-28(2,3)4)23(19)22(14-21(16)29)32-26-33-24(31-17-10-11-17)20-15-30-36(25(20)34-26)18-8-6-5-7-9-18/h5-9,12-15,17H,10-11H2,1-4H3,(H2,31,32,33,34). The van der Waals surface area contributed by atoms with Crippen molar-refractivity contribution < 1.29 is 13.9 Å². The van der Waals surface area contributed by atoms with Crippen molar-refractivity contribution in [3.8, 4) is 5.69 Å². The van der Waals surface area contributed by atoms with Crippen molar-refractivity contribution >= 4 is 45.5 Å². The predicted octanol–water partition coefficient (Wildman–Crippen LogP) is 6.32. The number of hydrogen-bond donors (Lipinski definition) is 2. The molecule has 9 nitrogen and oxygen atoms in total. The Morgan fingerprint density at radius 1 is 1.11 bits per heavy atom. The van der Waals surface area contributed by atoms with E-state index in [4.69, 9.17) is 14.7 Å². The number of benzene rings is 2. The molecule has 38 heavy (non-hydrogen) atoms. The molecule has 0 atom stereocenters. The summed E-state index contributed by atoms with van der Waals surface area (Å²) in [6.45, 7) is 7.08. The topological polar surface area (TPSA) is 98.9 Å². The molecule has 0 unspecified atom stereocenters. The summed E-state index contributed by atoms with van der Waals surface area (Å²) in [6.07, 6.45) is 4.90. The van der Waals surface area contributed by atoms with Gasteiger partial charge in [-0.2, -0.15) is 15.1 Å². The third-order valence-corrected chi connectivity index (χ3v) is 6.36. The second-order valence-corrected chi connectivity index (χ2v) is 10.5. The molecule has 3 heterocycles. The fourth-order valence-electron chi connectivity index (χ4n) is 4.37. The number of nitrogens with one attached hydrogen (secondary N) is 2. The smallest absolute Gasteiger partial charge is 0.419 e. The highest BCUT2D eigenvalue weighted by molar-refractivity contribution is 6.00. The van der Waals surface area contributed by atoms with Gasteiger partial charge in [0.25, 0.3) is 0 Å². The molecule has 1 aliphatic carbocycles. The van der Waals surface area contributed by atoms with E-state index in [9.17, 15) is 4.79 Å². The van der Waals surface area contributed by atoms with Crippen molar-refractivity contribution in [2.24, 2.45) is 0 Å². The summed E-state index contributed by atoms with van der Waals surface area (Å²) in [7, 11) is 0. The van der Waals surface area contributed by atoms with Gasteiger partial charge in [0, 0.05) is 17.6 Å². The molecule has 0 aliphatic heterocycles. The molecular formula is C28H28FN7O2. The van der Waals surface area contributed by atoms with Crippen LogP contribution < -0.4 is 10.6 Å². The first-order valence-corrected chi connectivity index (χ1v) is 12.6. The number of aromatic nitrogens is 5. The van der Waals surface area contributed by atoms with Crippen molar-refractivity contribution in [3.63, 3.8) is 0 Å². The largest absolute Gasteiger partial charge is 0.443 e. The Kier molecular flexibility index (Phi) is 5.55. The number of carbonyl (C=O) groups excluding carboxylic acids is 1. The van der Waals surface area contributed by atoms with E-state index in [1.165, 1.54) is 10.6 Å². The van der Waals surface area contributed by atoms with Gasteiger partial charge >= 0.3 is 6.09 Å². The molecule has 1 aliphatic rings. The number of para-hydroxylation sites is 1. The Bertz CT molecular complexity index is 1680. The van der Waals surface area contributed by atoms with Gasteiger partial charge in [-0.3, -0.25) is 4.57 Å². The van der Waals surface area contributed by atoms with Gasteiger partial charge in [-0.15, -0.1) is 0 Å². The number of ether oxygens (including phenoxy) is 1. The maximum absolute atomic E-state index is 15.0. The Morgan fingerprint density at radius 3 is 2.58 bits per heavy atom. The van der Waals surface area contributed by atoms with E-state index in [-0.39, 0.29) is 5.95 Å². The molecule has 10 heteroatoms. The van der Waals surface area contributed by atoms with Gasteiger partial charge in [0.15, 0.2) is 5.65 Å². The van der Waals surface area contributed by atoms with Gasteiger partial charge < -0.3 is 15.4 Å². The van der Waals surface area contributed by atoms with Crippen molar-refractivity contribution in [3.05, 3.63) is 66.2 Å². The normalized spacial score (nSPS) is 13.7. The third kappa shape index (κ3) is 4.42. The molecule has 0 spiro atoms. The second kappa shape index (κ2) is 8.83. The van der Waals surface area contributed by atoms with E-state index in [2.05, 4.69) is 15.7 Å². The maximum Gasteiger partial charge on any atom is 0.419 e. The van der Waals surface area contributed by atoms with Crippen molar-refractivity contribution in [2.75, 3.05) is 10.6 Å². The molecular weight excluding hydrogens is 485 g/mol. The zero-order valence-electron chi connectivity index (χ0n) is 21.6. The van der Waals surface area contributed by atoms with E-state index < -0.39 is 17.5 Å². The van der Waals surface area contributed by atoms with Crippen LogP contribution in [0.15, 0.2) is 54.9 Å². The molecule has 0 bridgehead atoms. The van der Waals surface area contributed by atoms with Crippen LogP contribution >= 0.6 is 0 Å². The van der Waals surface area contributed by atoms with Crippen LogP contribution in [0.5, 0.6) is 0 Å². The lowest BCUT2D eigenvalue weighted by molar-refractivity contribution is 0.0544. The SMILES string of the molecule is Cc1c(F)cc(Nc2nc(NC3CC3)c3cnn(-c4ccccc4)c3n2)c2c1ccn2C(=O)OC(C)(C)C. The second-order valence-electron chi connectivity index (χ2n) is 10.5. The molecule has 5 aromatic rings. The van der Waals surface area contributed by atoms with Crippen LogP contribution in [0.25, 0.3) is 27.6 Å². The van der Waals surface area contributed by atoms with Crippen LogP contribution in [-0.2, 0) is 4.74 Å². The Hall–Kier alpha value is -4.47. The van der Waals surface area contributed by atoms with Gasteiger partial charge in [-0.25, -0.2) is 13.9 Å². The molecule has 194 valence electrons. The van der Waals surface area contributed by atoms with Crippen LogP contribution in [0.2, 0.25) is 0 Å². The molecule has 1 saturated carbocycles. The van der Waals surface area contributed by atoms with Crippen LogP contribution in [0.3, 0.4) is 0 Å². The minimum Gasteiger partial charge on any atom is -0.443 e. The average molecular weight is 514 g/mol. The minimum absolute atomic E-state index is 0.250. The summed E-state index contributed by atoms with van der Waals surface area (Å²) in [5.41, 5.74) is 2.03. The Balaban J connectivity index is 1.49. The maximum atomic E-state index is 15.0. The van der Waals surface area contributed by atoms with Crippen LogP contribution in [0, 0.1) is 12.7 Å². The van der Waals surface area contributed by atoms with Gasteiger partial charge in [0.1, 0.15) is 17.2 Å². The zero-order valence-corrected chi connectivity index (χ0v) is 21.6. The predicted molar refractivity (Wildman–Crippen MR) is 145 cm³/mol. The lowest BCUT2D eigenvalue weighted by Gasteiger charge is -2.20. The Morgan fingerprint density at radius 2 is 1.87 bits per heavy atom. The van der Waals surface area contributed by atoms with Crippen LogP contribution in [-0.4, -0.2) is 42.1 Å². The third-order valence-electron chi connectivity index (χ3n) is 6.36. The lowest BCUT2D eigenvalue weighted by Crippen LogP contribution is -2.26. The van der Waals surface area contributed by atoms with Crippen LogP contribution in [0.1, 0.15) is 39.2 Å². The zero-order chi connectivity index (χ0) is 26.6. The minimum atomic E-state index is -0.691. The average Bonchev–Trinajstić information content (AvgIpc) is 3.39. The van der Waals surface area contributed by atoms with E-state index in [1.807, 2.05) is 30.3 Å². The number of halogens is 1. The molecule has 1 fully saturated rings. The summed E-state index contributed by atoms with van der Waals surface area (Å²) >= 11 is 0. The van der Waals surface area contributed by atoms with Crippen molar-refractivity contribution in [1.82, 2.24) is 24.3 Å². The summed E-state index contributed by atoms with van der Waals surface area (Å²) < 4.78 is 23.7. The molecule has 6 rings (SSSR count). The fourth-order valence-corrected chi connectivity index (χ4v) is 4.37. The van der Waals surface area contributed by atoms with E-state index in [0.29, 0.717) is 39.7 Å². The first-order chi connectivity index (χ1) is 18.2. The molecule has 2 N–H and O–H groups in total. The lowest BCUT2D eigenvalue weighted by atomic mass is 10.1. The highest BCUT2D eigenvalue weighted by Gasteiger charge is 2.25. The summed E-state index contributed by atoms with van der Waals surface area (Å²) in [5, 5.41) is 12.6. The van der Waals surface area contributed by atoms with Gasteiger partial charge in [-0.1, -0.05) is 18.2 Å². The Labute approximate surface area is 218 Å². The quantitative estimate of drug-likeness (QED) is 0.284. The molecule has 2 aromatic carbocycles.